The van der Waals surface area contributed by atoms with Crippen LogP contribution in [-0.4, -0.2) is 19.5 Å². The van der Waals surface area contributed by atoms with Crippen molar-refractivity contribution in [1.82, 2.24) is 19.5 Å². The van der Waals surface area contributed by atoms with Gasteiger partial charge in [0.1, 0.15) is 0 Å². The molecule has 0 radical (unpaired) electrons. The summed E-state index contributed by atoms with van der Waals surface area (Å²) in [6, 6.07) is 68.1. The van der Waals surface area contributed by atoms with Crippen LogP contribution in [0.2, 0.25) is 0 Å². The predicted molar refractivity (Wildman–Crippen MR) is 219 cm³/mol. The SMILES string of the molecule is c1ccc(-c2ccc(-c3nc(-c4ccc5ccccc5c4)nc(-c4ccc(-c5ccccc5)cc4-n4c5ccccc5c5ccccc54)n3)cc2)cc1. The van der Waals surface area contributed by atoms with Gasteiger partial charge in [0.25, 0.3) is 0 Å². The molecular formula is C49H32N4. The molecule has 0 spiro atoms. The second-order valence-electron chi connectivity index (χ2n) is 13.3. The number of para-hydroxylation sites is 2. The van der Waals surface area contributed by atoms with Crippen LogP contribution >= 0.6 is 0 Å². The average molecular weight is 677 g/mol. The zero-order valence-corrected chi connectivity index (χ0v) is 28.8. The molecule has 0 amide bonds. The fourth-order valence-electron chi connectivity index (χ4n) is 7.42. The van der Waals surface area contributed by atoms with E-state index >= 15 is 0 Å². The van der Waals surface area contributed by atoms with Gasteiger partial charge in [0, 0.05) is 27.5 Å². The number of aromatic nitrogens is 4. The van der Waals surface area contributed by atoms with Gasteiger partial charge < -0.3 is 4.57 Å². The second kappa shape index (κ2) is 12.9. The van der Waals surface area contributed by atoms with E-state index in [1.165, 1.54) is 21.7 Å². The molecule has 0 aliphatic heterocycles. The maximum atomic E-state index is 5.27. The first kappa shape index (κ1) is 30.6. The fourth-order valence-corrected chi connectivity index (χ4v) is 7.42. The van der Waals surface area contributed by atoms with Crippen LogP contribution < -0.4 is 0 Å². The van der Waals surface area contributed by atoms with Gasteiger partial charge in [-0.3, -0.25) is 0 Å². The average Bonchev–Trinajstić information content (AvgIpc) is 3.58. The Kier molecular flexibility index (Phi) is 7.43. The van der Waals surface area contributed by atoms with Gasteiger partial charge in [0.05, 0.1) is 16.7 Å². The topological polar surface area (TPSA) is 43.6 Å². The van der Waals surface area contributed by atoms with Crippen molar-refractivity contribution in [2.75, 3.05) is 0 Å². The van der Waals surface area contributed by atoms with Gasteiger partial charge in [-0.25, -0.2) is 15.0 Å². The normalized spacial score (nSPS) is 11.4. The molecular weight excluding hydrogens is 645 g/mol. The molecule has 0 fully saturated rings. The molecule has 248 valence electrons. The van der Waals surface area contributed by atoms with Crippen LogP contribution in [-0.2, 0) is 0 Å². The first-order valence-corrected chi connectivity index (χ1v) is 17.9. The molecule has 4 nitrogen and oxygen atoms in total. The van der Waals surface area contributed by atoms with Gasteiger partial charge in [0.2, 0.25) is 0 Å². The van der Waals surface area contributed by atoms with Crippen molar-refractivity contribution in [3.05, 3.63) is 194 Å². The Labute approximate surface area is 307 Å². The molecule has 10 aromatic rings. The van der Waals surface area contributed by atoms with E-state index in [0.29, 0.717) is 17.5 Å². The number of hydrogen-bond donors (Lipinski definition) is 0. The molecule has 0 aliphatic carbocycles. The van der Waals surface area contributed by atoms with E-state index in [-0.39, 0.29) is 0 Å². The van der Waals surface area contributed by atoms with E-state index in [2.05, 4.69) is 193 Å². The maximum absolute atomic E-state index is 5.27. The minimum absolute atomic E-state index is 0.613. The molecule has 0 bridgehead atoms. The van der Waals surface area contributed by atoms with Crippen LogP contribution in [0.5, 0.6) is 0 Å². The van der Waals surface area contributed by atoms with Crippen LogP contribution in [0, 0.1) is 0 Å². The van der Waals surface area contributed by atoms with Gasteiger partial charge in [-0.2, -0.15) is 0 Å². The minimum Gasteiger partial charge on any atom is -0.308 e. The molecule has 0 unspecified atom stereocenters. The molecule has 0 atom stereocenters. The lowest BCUT2D eigenvalue weighted by Gasteiger charge is -2.16. The predicted octanol–water partition coefficient (Wildman–Crippen LogP) is 12.5. The quantitative estimate of drug-likeness (QED) is 0.176. The van der Waals surface area contributed by atoms with Crippen LogP contribution in [0.3, 0.4) is 0 Å². The van der Waals surface area contributed by atoms with Gasteiger partial charge >= 0.3 is 0 Å². The van der Waals surface area contributed by atoms with Crippen molar-refractivity contribution >= 4 is 32.6 Å². The van der Waals surface area contributed by atoms with Crippen LogP contribution in [0.4, 0.5) is 0 Å². The monoisotopic (exact) mass is 676 g/mol. The van der Waals surface area contributed by atoms with Gasteiger partial charge in [0.15, 0.2) is 17.5 Å². The number of nitrogens with zero attached hydrogens (tertiary/aromatic N) is 4. The molecule has 0 N–H and O–H groups in total. The summed E-state index contributed by atoms with van der Waals surface area (Å²) in [5.74, 6) is 1.86. The summed E-state index contributed by atoms with van der Waals surface area (Å²) in [7, 11) is 0. The lowest BCUT2D eigenvalue weighted by atomic mass is 10.0. The Balaban J connectivity index is 1.23. The molecule has 10 rings (SSSR count). The summed E-state index contributed by atoms with van der Waals surface area (Å²) in [5, 5.41) is 4.71. The Morgan fingerprint density at radius 3 is 1.45 bits per heavy atom. The summed E-state index contributed by atoms with van der Waals surface area (Å²) in [6.45, 7) is 0. The fraction of sp³-hybridized carbons (Fsp3) is 0. The van der Waals surface area contributed by atoms with E-state index in [1.807, 2.05) is 6.07 Å². The number of hydrogen-bond acceptors (Lipinski definition) is 3. The van der Waals surface area contributed by atoms with Gasteiger partial charge in [-0.05, 0) is 63.4 Å². The van der Waals surface area contributed by atoms with Gasteiger partial charge in [-0.15, -0.1) is 0 Å². The molecule has 0 saturated carbocycles. The van der Waals surface area contributed by atoms with E-state index in [4.69, 9.17) is 15.0 Å². The van der Waals surface area contributed by atoms with Crippen LogP contribution in [0.1, 0.15) is 0 Å². The molecule has 2 heterocycles. The Bertz CT molecular complexity index is 2880. The van der Waals surface area contributed by atoms with Crippen molar-refractivity contribution in [2.24, 2.45) is 0 Å². The highest BCUT2D eigenvalue weighted by Gasteiger charge is 2.20. The van der Waals surface area contributed by atoms with Crippen molar-refractivity contribution < 1.29 is 0 Å². The standard InChI is InChI=1S/C49H32N4/c1-3-13-33(14-4-1)36-23-26-37(27-24-36)47-50-48(40-28-25-35-17-7-8-18-38(35)31-40)52-49(51-47)43-30-29-39(34-15-5-2-6-16-34)32-46(43)53-44-21-11-9-19-41(44)42-20-10-12-22-45(42)53/h1-32H. The zero-order chi connectivity index (χ0) is 35.1. The number of rotatable bonds is 6. The number of benzene rings is 8. The van der Waals surface area contributed by atoms with Crippen molar-refractivity contribution in [2.45, 2.75) is 0 Å². The Morgan fingerprint density at radius 1 is 0.302 bits per heavy atom. The van der Waals surface area contributed by atoms with Crippen molar-refractivity contribution in [1.29, 1.82) is 0 Å². The lowest BCUT2D eigenvalue weighted by Crippen LogP contribution is -2.04. The van der Waals surface area contributed by atoms with Crippen LogP contribution in [0.25, 0.3) is 94.7 Å². The lowest BCUT2D eigenvalue weighted by molar-refractivity contribution is 1.06. The summed E-state index contributed by atoms with van der Waals surface area (Å²) in [6.07, 6.45) is 0. The third-order valence-corrected chi connectivity index (χ3v) is 10.1. The van der Waals surface area contributed by atoms with Gasteiger partial charge in [-0.1, -0.05) is 164 Å². The molecule has 53 heavy (non-hydrogen) atoms. The van der Waals surface area contributed by atoms with E-state index in [0.717, 1.165) is 55.5 Å². The second-order valence-corrected chi connectivity index (χ2v) is 13.3. The summed E-state index contributed by atoms with van der Waals surface area (Å²) in [4.78, 5) is 15.7. The minimum atomic E-state index is 0.613. The first-order valence-electron chi connectivity index (χ1n) is 17.9. The van der Waals surface area contributed by atoms with E-state index in [9.17, 15) is 0 Å². The summed E-state index contributed by atoms with van der Waals surface area (Å²) < 4.78 is 2.36. The molecule has 2 aromatic heterocycles. The van der Waals surface area contributed by atoms with Crippen LogP contribution in [0.15, 0.2) is 194 Å². The smallest absolute Gasteiger partial charge is 0.166 e. The summed E-state index contributed by atoms with van der Waals surface area (Å²) >= 11 is 0. The highest BCUT2D eigenvalue weighted by Crippen LogP contribution is 2.38. The Morgan fingerprint density at radius 2 is 0.774 bits per heavy atom. The molecule has 8 aromatic carbocycles. The largest absolute Gasteiger partial charge is 0.308 e. The van der Waals surface area contributed by atoms with Crippen molar-refractivity contribution in [3.63, 3.8) is 0 Å². The zero-order valence-electron chi connectivity index (χ0n) is 28.8. The molecule has 0 aliphatic rings. The van der Waals surface area contributed by atoms with E-state index < -0.39 is 0 Å². The Hall–Kier alpha value is -7.17. The molecule has 0 saturated heterocycles. The van der Waals surface area contributed by atoms with Crippen molar-refractivity contribution in [3.8, 4) is 62.1 Å². The third-order valence-electron chi connectivity index (χ3n) is 10.1. The van der Waals surface area contributed by atoms with E-state index in [1.54, 1.807) is 0 Å². The number of fused-ring (bicyclic) bond motifs is 4. The maximum Gasteiger partial charge on any atom is 0.166 e. The first-order chi connectivity index (χ1) is 26.3. The third kappa shape index (κ3) is 5.54. The highest BCUT2D eigenvalue weighted by molar-refractivity contribution is 6.09. The highest BCUT2D eigenvalue weighted by atomic mass is 15.1. The molecule has 4 heteroatoms. The summed E-state index contributed by atoms with van der Waals surface area (Å²) in [5.41, 5.74) is 10.6.